The number of rotatable bonds is 4. The van der Waals surface area contributed by atoms with Gasteiger partial charge in [0.25, 0.3) is 0 Å². The van der Waals surface area contributed by atoms with Crippen LogP contribution in [0.4, 0.5) is 0 Å². The van der Waals surface area contributed by atoms with E-state index in [2.05, 4.69) is 51.7 Å². The van der Waals surface area contributed by atoms with Crippen LogP contribution in [0.25, 0.3) is 0 Å². The molecular formula is C10H22O6S3. The van der Waals surface area contributed by atoms with Crippen molar-refractivity contribution in [3.05, 3.63) is 0 Å². The van der Waals surface area contributed by atoms with E-state index in [1.807, 2.05) is 0 Å². The van der Waals surface area contributed by atoms with Gasteiger partial charge < -0.3 is 15.3 Å². The molecule has 0 aromatic carbocycles. The van der Waals surface area contributed by atoms with E-state index in [0.717, 1.165) is 0 Å². The first-order valence-corrected chi connectivity index (χ1v) is 7.10. The molecule has 0 aliphatic carbocycles. The third-order valence-electron chi connectivity index (χ3n) is 0.906. The van der Waals surface area contributed by atoms with E-state index >= 15 is 0 Å². The van der Waals surface area contributed by atoms with E-state index in [1.165, 1.54) is 12.8 Å². The normalized spacial score (nSPS) is 7.42. The highest BCUT2D eigenvalue weighted by molar-refractivity contribution is 7.81. The molecule has 0 amide bonds. The number of unbranched alkanes of at least 4 members (excludes halogenated alkanes) is 1. The molecule has 0 aliphatic heterocycles. The molecule has 0 radical (unpaired) electrons. The fraction of sp³-hybridized carbons (Fsp3) is 0.700. The standard InChI is InChI=1S/C4H10.3C2H4O2S/c1-3-4-2;3*3-2(4)1-5/h3-4H2,1-2H3;3*5H,1H2,(H,3,4). The molecule has 0 aliphatic rings. The minimum atomic E-state index is -0.881. The Bertz CT molecular complexity index is 188. The van der Waals surface area contributed by atoms with Gasteiger partial charge in [0.1, 0.15) is 0 Å². The summed E-state index contributed by atoms with van der Waals surface area (Å²) in [7, 11) is 0. The minimum absolute atomic E-state index is 0.0833. The number of carbonyl (C=O) groups is 3. The molecule has 0 aromatic heterocycles. The lowest BCUT2D eigenvalue weighted by Crippen LogP contribution is -1.92. The SMILES string of the molecule is CCCC.O=C(O)CS.O=C(O)CS.O=C(O)CS. The molecule has 19 heavy (non-hydrogen) atoms. The van der Waals surface area contributed by atoms with Gasteiger partial charge >= 0.3 is 17.9 Å². The first kappa shape index (κ1) is 26.9. The van der Waals surface area contributed by atoms with E-state index < -0.39 is 17.9 Å². The van der Waals surface area contributed by atoms with E-state index in [0.29, 0.717) is 0 Å². The highest BCUT2D eigenvalue weighted by atomic mass is 32.1. The highest BCUT2D eigenvalue weighted by Crippen LogP contribution is 1.76. The molecule has 0 bridgehead atoms. The summed E-state index contributed by atoms with van der Waals surface area (Å²) in [5.41, 5.74) is 0. The van der Waals surface area contributed by atoms with E-state index in [9.17, 15) is 14.4 Å². The number of carboxylic acid groups (broad SMARTS) is 3. The summed E-state index contributed by atoms with van der Waals surface area (Å²) in [6, 6.07) is 0. The Labute approximate surface area is 129 Å². The molecule has 6 nitrogen and oxygen atoms in total. The number of hydrogen-bond donors (Lipinski definition) is 6. The van der Waals surface area contributed by atoms with Gasteiger partial charge in [-0.25, -0.2) is 0 Å². The predicted octanol–water partition coefficient (Wildman–Crippen LogP) is 1.81. The molecule has 0 atom stereocenters. The second-order valence-electron chi connectivity index (χ2n) is 2.66. The van der Waals surface area contributed by atoms with Crippen molar-refractivity contribution in [1.82, 2.24) is 0 Å². The van der Waals surface area contributed by atoms with Crippen molar-refractivity contribution in [2.75, 3.05) is 17.3 Å². The molecule has 9 heteroatoms. The lowest BCUT2D eigenvalue weighted by molar-refractivity contribution is -0.134. The molecule has 0 unspecified atom stereocenters. The Morgan fingerprint density at radius 2 is 0.789 bits per heavy atom. The molecule has 116 valence electrons. The van der Waals surface area contributed by atoms with Crippen LogP contribution in [0.3, 0.4) is 0 Å². The van der Waals surface area contributed by atoms with Crippen LogP contribution in [0.15, 0.2) is 0 Å². The Morgan fingerprint density at radius 3 is 0.789 bits per heavy atom. The minimum Gasteiger partial charge on any atom is -0.481 e. The summed E-state index contributed by atoms with van der Waals surface area (Å²) in [4.78, 5) is 27.9. The van der Waals surface area contributed by atoms with Gasteiger partial charge in [-0.2, -0.15) is 37.9 Å². The molecule has 0 fully saturated rings. The zero-order chi connectivity index (χ0) is 16.3. The van der Waals surface area contributed by atoms with Gasteiger partial charge in [-0.15, -0.1) is 0 Å². The summed E-state index contributed by atoms with van der Waals surface area (Å²) in [6.07, 6.45) is 2.64. The van der Waals surface area contributed by atoms with E-state index in [4.69, 9.17) is 15.3 Å². The molecule has 0 spiro atoms. The van der Waals surface area contributed by atoms with Crippen LogP contribution in [0, 0.1) is 0 Å². The maximum Gasteiger partial charge on any atom is 0.313 e. The molecule has 0 saturated carbocycles. The van der Waals surface area contributed by atoms with E-state index in [-0.39, 0.29) is 17.3 Å². The zero-order valence-corrected chi connectivity index (χ0v) is 13.6. The van der Waals surface area contributed by atoms with Gasteiger partial charge in [0.2, 0.25) is 0 Å². The second kappa shape index (κ2) is 26.1. The van der Waals surface area contributed by atoms with Crippen molar-refractivity contribution >= 4 is 55.8 Å². The third kappa shape index (κ3) is 100.0. The summed E-state index contributed by atoms with van der Waals surface area (Å²) in [6.45, 7) is 4.36. The van der Waals surface area contributed by atoms with Gasteiger partial charge in [0.15, 0.2) is 0 Å². The Balaban J connectivity index is -0.0000000793. The fourth-order valence-electron chi connectivity index (χ4n) is 0. The first-order chi connectivity index (χ1) is 8.72. The summed E-state index contributed by atoms with van der Waals surface area (Å²) >= 11 is 10.2. The van der Waals surface area contributed by atoms with Crippen LogP contribution in [-0.4, -0.2) is 50.5 Å². The van der Waals surface area contributed by atoms with Crippen molar-refractivity contribution in [3.63, 3.8) is 0 Å². The Kier molecular flexibility index (Phi) is 37.0. The second-order valence-corrected chi connectivity index (χ2v) is 3.60. The molecule has 0 saturated heterocycles. The number of hydrogen-bond acceptors (Lipinski definition) is 6. The molecule has 3 N–H and O–H groups in total. The van der Waals surface area contributed by atoms with Gasteiger partial charge in [0, 0.05) is 0 Å². The molecular weight excluding hydrogens is 312 g/mol. The zero-order valence-electron chi connectivity index (χ0n) is 10.9. The topological polar surface area (TPSA) is 112 Å². The number of thiol groups is 3. The van der Waals surface area contributed by atoms with Crippen LogP contribution in [0.5, 0.6) is 0 Å². The average Bonchev–Trinajstić information content (AvgIpc) is 2.40. The van der Waals surface area contributed by atoms with Crippen molar-refractivity contribution in [1.29, 1.82) is 0 Å². The maximum absolute atomic E-state index is 9.29. The lowest BCUT2D eigenvalue weighted by Gasteiger charge is -1.71. The fourth-order valence-corrected chi connectivity index (χ4v) is 0. The summed E-state index contributed by atoms with van der Waals surface area (Å²) in [5.74, 6) is -2.89. The lowest BCUT2D eigenvalue weighted by atomic mass is 10.4. The Hall–Kier alpha value is -0.540. The smallest absolute Gasteiger partial charge is 0.313 e. The number of aliphatic carboxylic acids is 3. The van der Waals surface area contributed by atoms with Crippen LogP contribution >= 0.6 is 37.9 Å². The predicted molar refractivity (Wildman–Crippen MR) is 85.0 cm³/mol. The van der Waals surface area contributed by atoms with Crippen LogP contribution in [-0.2, 0) is 14.4 Å². The number of carboxylic acids is 3. The largest absolute Gasteiger partial charge is 0.481 e. The van der Waals surface area contributed by atoms with Gasteiger partial charge in [-0.3, -0.25) is 14.4 Å². The Morgan fingerprint density at radius 1 is 0.684 bits per heavy atom. The van der Waals surface area contributed by atoms with Crippen LogP contribution < -0.4 is 0 Å². The molecule has 0 rings (SSSR count). The van der Waals surface area contributed by atoms with Gasteiger partial charge in [0.05, 0.1) is 17.3 Å². The third-order valence-corrected chi connectivity index (χ3v) is 1.72. The van der Waals surface area contributed by atoms with Crippen LogP contribution in [0.1, 0.15) is 26.7 Å². The molecule has 0 aromatic rings. The van der Waals surface area contributed by atoms with E-state index in [1.54, 1.807) is 0 Å². The van der Waals surface area contributed by atoms with Crippen molar-refractivity contribution in [2.45, 2.75) is 26.7 Å². The van der Waals surface area contributed by atoms with Crippen molar-refractivity contribution in [2.24, 2.45) is 0 Å². The van der Waals surface area contributed by atoms with Gasteiger partial charge in [-0.1, -0.05) is 26.7 Å². The van der Waals surface area contributed by atoms with Crippen LogP contribution in [0.2, 0.25) is 0 Å². The van der Waals surface area contributed by atoms with Gasteiger partial charge in [-0.05, 0) is 0 Å². The average molecular weight is 334 g/mol. The van der Waals surface area contributed by atoms with Crippen molar-refractivity contribution < 1.29 is 29.7 Å². The molecule has 0 heterocycles. The monoisotopic (exact) mass is 334 g/mol. The highest BCUT2D eigenvalue weighted by Gasteiger charge is 1.82. The quantitative estimate of drug-likeness (QED) is 0.437. The summed E-state index contributed by atoms with van der Waals surface area (Å²) < 4.78 is 0. The summed E-state index contributed by atoms with van der Waals surface area (Å²) in [5, 5.41) is 22.9. The first-order valence-electron chi connectivity index (χ1n) is 5.21. The maximum atomic E-state index is 9.29. The van der Waals surface area contributed by atoms with Crippen molar-refractivity contribution in [3.8, 4) is 0 Å².